The van der Waals surface area contributed by atoms with Gasteiger partial charge in [-0.25, -0.2) is 4.99 Å². The Morgan fingerprint density at radius 2 is 1.70 bits per heavy atom. The molecular formula is C25H21N3OS. The smallest absolute Gasteiger partial charge is 0.268 e. The van der Waals surface area contributed by atoms with E-state index in [1.165, 1.54) is 11.8 Å². The number of amides is 1. The summed E-state index contributed by atoms with van der Waals surface area (Å²) in [7, 11) is 2.01. The summed E-state index contributed by atoms with van der Waals surface area (Å²) in [6.45, 7) is 2.57. The van der Waals surface area contributed by atoms with Crippen LogP contribution < -0.4 is 4.90 Å². The molecule has 0 saturated carbocycles. The minimum absolute atomic E-state index is 0.00682. The van der Waals surface area contributed by atoms with E-state index in [9.17, 15) is 4.79 Å². The molecule has 5 rings (SSSR count). The summed E-state index contributed by atoms with van der Waals surface area (Å²) >= 11 is 1.45. The lowest BCUT2D eigenvalue weighted by molar-refractivity contribution is -0.122. The molecule has 1 fully saturated rings. The lowest BCUT2D eigenvalue weighted by Crippen LogP contribution is -2.30. The first-order valence-corrected chi connectivity index (χ1v) is 10.8. The highest BCUT2D eigenvalue weighted by molar-refractivity contribution is 8.18. The predicted octanol–water partition coefficient (Wildman–Crippen LogP) is 5.80. The number of fused-ring (bicyclic) bond motifs is 2. The van der Waals surface area contributed by atoms with E-state index in [-0.39, 0.29) is 5.91 Å². The van der Waals surface area contributed by atoms with E-state index in [2.05, 4.69) is 41.3 Å². The van der Waals surface area contributed by atoms with Crippen molar-refractivity contribution >= 4 is 51.1 Å². The van der Waals surface area contributed by atoms with Gasteiger partial charge in [-0.15, -0.1) is 0 Å². The molecule has 0 bridgehead atoms. The molecule has 5 heteroatoms. The maximum Gasteiger partial charge on any atom is 0.268 e. The van der Waals surface area contributed by atoms with E-state index in [4.69, 9.17) is 4.99 Å². The predicted molar refractivity (Wildman–Crippen MR) is 127 cm³/mol. The Morgan fingerprint density at radius 3 is 2.57 bits per heavy atom. The Hall–Kier alpha value is -3.31. The second-order valence-electron chi connectivity index (χ2n) is 7.21. The number of hydrogen-bond acceptors (Lipinski definition) is 4. The number of carbonyl (C=O) groups is 1. The maximum atomic E-state index is 13.3. The van der Waals surface area contributed by atoms with Crippen molar-refractivity contribution in [2.45, 2.75) is 6.92 Å². The summed E-state index contributed by atoms with van der Waals surface area (Å²) in [5.74, 6) is 0.00682. The number of aliphatic imine (C=N–C) groups is 1. The van der Waals surface area contributed by atoms with Crippen LogP contribution in [0.1, 0.15) is 12.5 Å². The van der Waals surface area contributed by atoms with E-state index in [0.29, 0.717) is 11.4 Å². The molecular weight excluding hydrogens is 390 g/mol. The lowest BCUT2D eigenvalue weighted by Gasteiger charge is -2.27. The van der Waals surface area contributed by atoms with E-state index in [1.807, 2.05) is 56.4 Å². The zero-order valence-corrected chi connectivity index (χ0v) is 17.7. The van der Waals surface area contributed by atoms with Crippen molar-refractivity contribution in [2.75, 3.05) is 18.5 Å². The first-order valence-electron chi connectivity index (χ1n) is 9.98. The van der Waals surface area contributed by atoms with Gasteiger partial charge in [0.05, 0.1) is 11.4 Å². The van der Waals surface area contributed by atoms with Crippen LogP contribution in [0.3, 0.4) is 0 Å². The Kier molecular flexibility index (Phi) is 4.68. The third kappa shape index (κ3) is 3.02. The van der Waals surface area contributed by atoms with Crippen molar-refractivity contribution in [3.8, 4) is 0 Å². The van der Waals surface area contributed by atoms with Gasteiger partial charge in [0.15, 0.2) is 5.17 Å². The molecule has 0 spiro atoms. The number of hydrogen-bond donors (Lipinski definition) is 0. The van der Waals surface area contributed by atoms with Crippen LogP contribution in [-0.2, 0) is 4.79 Å². The van der Waals surface area contributed by atoms with Gasteiger partial charge in [0, 0.05) is 24.7 Å². The highest BCUT2D eigenvalue weighted by atomic mass is 32.2. The van der Waals surface area contributed by atoms with Gasteiger partial charge >= 0.3 is 0 Å². The molecule has 2 aliphatic heterocycles. The van der Waals surface area contributed by atoms with Gasteiger partial charge in [0.1, 0.15) is 4.91 Å². The van der Waals surface area contributed by atoms with Crippen molar-refractivity contribution < 1.29 is 4.79 Å². The van der Waals surface area contributed by atoms with Crippen LogP contribution in [0.2, 0.25) is 0 Å². The van der Waals surface area contributed by atoms with Gasteiger partial charge in [-0.1, -0.05) is 60.7 Å². The van der Waals surface area contributed by atoms with Gasteiger partial charge in [0.2, 0.25) is 0 Å². The van der Waals surface area contributed by atoms with Crippen molar-refractivity contribution in [3.05, 3.63) is 89.0 Å². The summed E-state index contributed by atoms with van der Waals surface area (Å²) in [4.78, 5) is 22.7. The van der Waals surface area contributed by atoms with E-state index < -0.39 is 0 Å². The van der Waals surface area contributed by atoms with Gasteiger partial charge in [0.25, 0.3) is 5.91 Å². The summed E-state index contributed by atoms with van der Waals surface area (Å²) in [5, 5.41) is 2.95. The number of carbonyl (C=O) groups excluding carboxylic acids is 1. The zero-order valence-electron chi connectivity index (χ0n) is 16.9. The van der Waals surface area contributed by atoms with Crippen molar-refractivity contribution in [3.63, 3.8) is 0 Å². The molecule has 3 aromatic rings. The first kappa shape index (κ1) is 18.7. The molecule has 0 N–H and O–H groups in total. The van der Waals surface area contributed by atoms with Crippen LogP contribution in [0.25, 0.3) is 16.8 Å². The van der Waals surface area contributed by atoms with Crippen LogP contribution in [0.15, 0.2) is 88.4 Å². The molecule has 1 saturated heterocycles. The highest BCUT2D eigenvalue weighted by Gasteiger charge is 2.36. The average Bonchev–Trinajstić information content (AvgIpc) is 3.09. The van der Waals surface area contributed by atoms with E-state index in [0.717, 1.165) is 38.6 Å². The molecule has 0 aliphatic carbocycles. The number of anilines is 1. The van der Waals surface area contributed by atoms with Gasteiger partial charge in [-0.05, 0) is 47.8 Å². The van der Waals surface area contributed by atoms with Gasteiger partial charge in [-0.3, -0.25) is 9.69 Å². The minimum atomic E-state index is 0.00682. The van der Waals surface area contributed by atoms with Gasteiger partial charge in [-0.2, -0.15) is 0 Å². The molecule has 2 aliphatic rings. The zero-order chi connectivity index (χ0) is 20.7. The third-order valence-electron chi connectivity index (χ3n) is 5.48. The monoisotopic (exact) mass is 411 g/mol. The number of para-hydroxylation sites is 1. The van der Waals surface area contributed by atoms with Crippen LogP contribution in [0, 0.1) is 0 Å². The summed E-state index contributed by atoms with van der Waals surface area (Å²) in [6, 6.07) is 22.5. The largest absolute Gasteiger partial charge is 0.343 e. The molecule has 0 atom stereocenters. The number of likely N-dealkylation sites (N-methyl/N-ethyl adjacent to an activating group) is 2. The Morgan fingerprint density at radius 1 is 0.933 bits per heavy atom. The van der Waals surface area contributed by atoms with Crippen LogP contribution in [0.4, 0.5) is 11.4 Å². The third-order valence-corrected chi connectivity index (χ3v) is 6.56. The fraction of sp³-hybridized carbons (Fsp3) is 0.120. The second-order valence-corrected chi connectivity index (χ2v) is 8.19. The highest BCUT2D eigenvalue weighted by Crippen LogP contribution is 2.40. The van der Waals surface area contributed by atoms with Crippen molar-refractivity contribution in [2.24, 2.45) is 4.99 Å². The van der Waals surface area contributed by atoms with E-state index in [1.54, 1.807) is 4.90 Å². The second kappa shape index (κ2) is 7.50. The molecule has 0 radical (unpaired) electrons. The number of nitrogens with zero attached hydrogens (tertiary/aromatic N) is 3. The number of allylic oxidation sites excluding steroid dienone is 1. The molecule has 4 nitrogen and oxygen atoms in total. The molecule has 148 valence electrons. The molecule has 30 heavy (non-hydrogen) atoms. The quantitative estimate of drug-likeness (QED) is 0.500. The standard InChI is InChI=1S/C25H21N3OS/c1-3-28-24(29)23(22-16-15-18-10-5-7-14-21(18)27(22)2)30-25(28)26-20-13-8-11-17-9-4-6-12-19(17)20/h4-16H,3H2,1-2H3. The number of benzene rings is 3. The number of amidine groups is 1. The maximum absolute atomic E-state index is 13.3. The first-order chi connectivity index (χ1) is 14.7. The van der Waals surface area contributed by atoms with Gasteiger partial charge < -0.3 is 4.90 Å². The molecule has 0 unspecified atom stereocenters. The van der Waals surface area contributed by atoms with Crippen LogP contribution in [-0.4, -0.2) is 29.6 Å². The SMILES string of the molecule is CCN1C(=O)C(=C2C=Cc3ccccc3N2C)SC1=Nc1cccc2ccccc12. The number of thioether (sulfide) groups is 1. The Bertz CT molecular complexity index is 1250. The Balaban J connectivity index is 1.59. The molecule has 0 aromatic heterocycles. The lowest BCUT2D eigenvalue weighted by atomic mass is 10.1. The van der Waals surface area contributed by atoms with E-state index >= 15 is 0 Å². The minimum Gasteiger partial charge on any atom is -0.343 e. The molecule has 2 heterocycles. The molecule has 1 amide bonds. The van der Waals surface area contributed by atoms with Crippen molar-refractivity contribution in [1.82, 2.24) is 4.90 Å². The Labute approximate surface area is 180 Å². The normalized spacial score (nSPS) is 19.8. The topological polar surface area (TPSA) is 35.9 Å². The number of rotatable bonds is 2. The van der Waals surface area contributed by atoms with Crippen molar-refractivity contribution in [1.29, 1.82) is 0 Å². The fourth-order valence-corrected chi connectivity index (χ4v) is 5.06. The fourth-order valence-electron chi connectivity index (χ4n) is 3.90. The van der Waals surface area contributed by atoms with Crippen LogP contribution >= 0.6 is 11.8 Å². The summed E-state index contributed by atoms with van der Waals surface area (Å²) < 4.78 is 0. The van der Waals surface area contributed by atoms with Crippen LogP contribution in [0.5, 0.6) is 0 Å². The molecule has 3 aromatic carbocycles. The summed E-state index contributed by atoms with van der Waals surface area (Å²) in [6.07, 6.45) is 4.10. The average molecular weight is 412 g/mol. The summed E-state index contributed by atoms with van der Waals surface area (Å²) in [5.41, 5.74) is 4.03.